The Morgan fingerprint density at radius 2 is 1.78 bits per heavy atom. The van der Waals surface area contributed by atoms with Gasteiger partial charge in [0.25, 0.3) is 0 Å². The van der Waals surface area contributed by atoms with E-state index in [1.54, 1.807) is 18.2 Å². The summed E-state index contributed by atoms with van der Waals surface area (Å²) in [5.74, 6) is 0.284. The van der Waals surface area contributed by atoms with Gasteiger partial charge in [-0.05, 0) is 93.4 Å². The van der Waals surface area contributed by atoms with E-state index in [1.165, 1.54) is 11.8 Å². The number of hydrogen-bond donors (Lipinski definition) is 2. The number of piperidine rings is 1. The molecule has 0 spiro atoms. The number of hydrogen-bond acceptors (Lipinski definition) is 5. The van der Waals surface area contributed by atoms with Crippen molar-refractivity contribution in [2.45, 2.75) is 61.3 Å². The van der Waals surface area contributed by atoms with Crippen LogP contribution in [0.1, 0.15) is 49.7 Å². The van der Waals surface area contributed by atoms with Gasteiger partial charge in [-0.25, -0.2) is 8.42 Å². The third-order valence-electron chi connectivity index (χ3n) is 8.12. The summed E-state index contributed by atoms with van der Waals surface area (Å²) in [7, 11) is -3.27. The molecule has 1 saturated carbocycles. The molecule has 0 atom stereocenters. The molecule has 4 rings (SSSR count). The van der Waals surface area contributed by atoms with Crippen molar-refractivity contribution >= 4 is 27.3 Å². The Morgan fingerprint density at radius 1 is 1.08 bits per heavy atom. The van der Waals surface area contributed by atoms with Crippen LogP contribution in [0.25, 0.3) is 0 Å². The van der Waals surface area contributed by atoms with Crippen LogP contribution in [0.4, 0.5) is 0 Å². The molecule has 1 saturated heterocycles. The second-order valence-electron chi connectivity index (χ2n) is 10.5. The van der Waals surface area contributed by atoms with Crippen LogP contribution >= 0.6 is 11.6 Å². The van der Waals surface area contributed by atoms with E-state index in [1.807, 2.05) is 24.3 Å². The summed E-state index contributed by atoms with van der Waals surface area (Å²) < 4.78 is 24.0. The maximum Gasteiger partial charge on any atom is 0.226 e. The van der Waals surface area contributed by atoms with Crippen molar-refractivity contribution in [3.05, 3.63) is 64.7 Å². The molecular formula is C28H38ClN3O3S. The Labute approximate surface area is 220 Å². The fourth-order valence-electron chi connectivity index (χ4n) is 5.85. The van der Waals surface area contributed by atoms with E-state index in [4.69, 9.17) is 17.3 Å². The predicted molar refractivity (Wildman–Crippen MR) is 145 cm³/mol. The van der Waals surface area contributed by atoms with Crippen molar-refractivity contribution in [1.29, 1.82) is 0 Å². The highest BCUT2D eigenvalue weighted by Crippen LogP contribution is 2.41. The highest BCUT2D eigenvalue weighted by molar-refractivity contribution is 7.90. The zero-order valence-electron chi connectivity index (χ0n) is 21.1. The Kier molecular flexibility index (Phi) is 8.76. The topological polar surface area (TPSA) is 92.5 Å². The highest BCUT2D eigenvalue weighted by atomic mass is 35.5. The number of amides is 1. The fourth-order valence-corrected chi connectivity index (χ4v) is 6.73. The number of nitrogens with zero attached hydrogens (tertiary/aromatic N) is 1. The molecule has 2 aliphatic rings. The van der Waals surface area contributed by atoms with Gasteiger partial charge in [0.2, 0.25) is 5.91 Å². The molecule has 2 aromatic carbocycles. The first-order valence-corrected chi connectivity index (χ1v) is 15.3. The summed E-state index contributed by atoms with van der Waals surface area (Å²) in [6.07, 6.45) is 7.19. The number of nitrogens with one attached hydrogen (secondary N) is 1. The van der Waals surface area contributed by atoms with Crippen LogP contribution in [0.2, 0.25) is 5.02 Å². The quantitative estimate of drug-likeness (QED) is 0.538. The third-order valence-corrected chi connectivity index (χ3v) is 9.47. The fraction of sp³-hybridized carbons (Fsp3) is 0.536. The van der Waals surface area contributed by atoms with Crippen LogP contribution in [0.5, 0.6) is 0 Å². The van der Waals surface area contributed by atoms with Crippen LogP contribution in [-0.4, -0.2) is 57.7 Å². The Hall–Kier alpha value is -1.93. The summed E-state index contributed by atoms with van der Waals surface area (Å²) in [6.45, 7) is 2.89. The lowest BCUT2D eigenvalue weighted by atomic mass is 9.68. The lowest BCUT2D eigenvalue weighted by Crippen LogP contribution is -2.50. The second-order valence-corrected chi connectivity index (χ2v) is 12.9. The average Bonchev–Trinajstić information content (AvgIpc) is 2.89. The molecule has 1 amide bonds. The molecular weight excluding hydrogens is 494 g/mol. The molecule has 36 heavy (non-hydrogen) atoms. The molecule has 8 heteroatoms. The minimum Gasteiger partial charge on any atom is -0.339 e. The zero-order chi connectivity index (χ0) is 25.8. The van der Waals surface area contributed by atoms with Gasteiger partial charge in [0.1, 0.15) is 0 Å². The number of halogens is 1. The molecule has 0 radical (unpaired) electrons. The molecule has 0 aromatic heterocycles. The van der Waals surface area contributed by atoms with E-state index in [0.29, 0.717) is 24.4 Å². The van der Waals surface area contributed by atoms with Gasteiger partial charge in [-0.1, -0.05) is 35.9 Å². The SMILES string of the molecule is CS(=O)(=O)c1cccc(CCN(C(=O)C2CCNCC2)C2CCC(CN)(c3cccc(Cl)c3)CC2)c1. The lowest BCUT2D eigenvalue weighted by molar-refractivity contribution is -0.139. The van der Waals surface area contributed by atoms with Crippen molar-refractivity contribution < 1.29 is 13.2 Å². The summed E-state index contributed by atoms with van der Waals surface area (Å²) in [4.78, 5) is 16.2. The first-order chi connectivity index (χ1) is 17.2. The molecule has 196 valence electrons. The number of carbonyl (C=O) groups excluding carboxylic acids is 1. The Balaban J connectivity index is 1.52. The molecule has 1 aliphatic heterocycles. The first-order valence-electron chi connectivity index (χ1n) is 13.0. The van der Waals surface area contributed by atoms with Crippen LogP contribution < -0.4 is 11.1 Å². The Bertz CT molecular complexity index is 1160. The predicted octanol–water partition coefficient (Wildman–Crippen LogP) is 3.95. The summed E-state index contributed by atoms with van der Waals surface area (Å²) in [5.41, 5.74) is 8.33. The summed E-state index contributed by atoms with van der Waals surface area (Å²) in [6, 6.07) is 15.3. The minimum absolute atomic E-state index is 0.0442. The summed E-state index contributed by atoms with van der Waals surface area (Å²) >= 11 is 6.29. The standard InChI is InChI=1S/C28H38ClN3O3S/c1-36(34,35)26-7-2-4-21(18-26)12-17-32(27(33)22-10-15-31-16-11-22)25-8-13-28(20-30,14-9-25)23-5-3-6-24(29)19-23/h2-7,18-19,22,25,31H,8-17,20,30H2,1H3. The van der Waals surface area contributed by atoms with Gasteiger partial charge in [0.05, 0.1) is 4.90 Å². The van der Waals surface area contributed by atoms with Crippen LogP contribution in [0.3, 0.4) is 0 Å². The minimum atomic E-state index is -3.27. The van der Waals surface area contributed by atoms with Crippen molar-refractivity contribution in [2.75, 3.05) is 32.4 Å². The van der Waals surface area contributed by atoms with Crippen molar-refractivity contribution in [2.24, 2.45) is 11.7 Å². The molecule has 0 unspecified atom stereocenters. The van der Waals surface area contributed by atoms with E-state index in [2.05, 4.69) is 16.3 Å². The van der Waals surface area contributed by atoms with Gasteiger partial charge in [0.15, 0.2) is 9.84 Å². The van der Waals surface area contributed by atoms with Crippen molar-refractivity contribution in [3.63, 3.8) is 0 Å². The van der Waals surface area contributed by atoms with E-state index < -0.39 is 9.84 Å². The number of rotatable bonds is 8. The molecule has 2 fully saturated rings. The van der Waals surface area contributed by atoms with Gasteiger partial charge >= 0.3 is 0 Å². The maximum atomic E-state index is 13.8. The van der Waals surface area contributed by atoms with Crippen LogP contribution in [0.15, 0.2) is 53.4 Å². The second kappa shape index (κ2) is 11.6. The van der Waals surface area contributed by atoms with Crippen molar-refractivity contribution in [1.82, 2.24) is 10.2 Å². The number of nitrogens with two attached hydrogens (primary N) is 1. The van der Waals surface area contributed by atoms with E-state index in [9.17, 15) is 13.2 Å². The lowest BCUT2D eigenvalue weighted by Gasteiger charge is -2.44. The molecule has 2 aromatic rings. The molecule has 6 nitrogen and oxygen atoms in total. The van der Waals surface area contributed by atoms with Crippen LogP contribution in [0, 0.1) is 5.92 Å². The number of sulfone groups is 1. The molecule has 0 bridgehead atoms. The van der Waals surface area contributed by atoms with E-state index in [0.717, 1.165) is 62.2 Å². The van der Waals surface area contributed by atoms with Gasteiger partial charge in [-0.3, -0.25) is 4.79 Å². The number of benzene rings is 2. The Morgan fingerprint density at radius 3 is 2.42 bits per heavy atom. The smallest absolute Gasteiger partial charge is 0.226 e. The van der Waals surface area contributed by atoms with Crippen molar-refractivity contribution in [3.8, 4) is 0 Å². The molecule has 1 aliphatic carbocycles. The third kappa shape index (κ3) is 6.31. The normalized spacial score (nSPS) is 23.4. The van der Waals surface area contributed by atoms with E-state index in [-0.39, 0.29) is 23.3 Å². The van der Waals surface area contributed by atoms with E-state index >= 15 is 0 Å². The van der Waals surface area contributed by atoms with Gasteiger partial charge in [-0.15, -0.1) is 0 Å². The average molecular weight is 532 g/mol. The van der Waals surface area contributed by atoms with Gasteiger partial charge in [0, 0.05) is 41.7 Å². The zero-order valence-corrected chi connectivity index (χ0v) is 22.7. The van der Waals surface area contributed by atoms with Gasteiger partial charge < -0.3 is 16.0 Å². The largest absolute Gasteiger partial charge is 0.339 e. The molecule has 1 heterocycles. The van der Waals surface area contributed by atoms with Gasteiger partial charge in [-0.2, -0.15) is 0 Å². The monoisotopic (exact) mass is 531 g/mol. The first kappa shape index (κ1) is 27.1. The van der Waals surface area contributed by atoms with Crippen LogP contribution in [-0.2, 0) is 26.5 Å². The maximum absolute atomic E-state index is 13.8. The number of carbonyl (C=O) groups is 1. The summed E-state index contributed by atoms with van der Waals surface area (Å²) in [5, 5.41) is 4.08. The molecule has 3 N–H and O–H groups in total. The highest BCUT2D eigenvalue weighted by Gasteiger charge is 2.39.